The molecule has 0 bridgehead atoms. The number of carbonyl (C=O) groups excluding carboxylic acids is 1. The first kappa shape index (κ1) is 13.6. The van der Waals surface area contributed by atoms with Gasteiger partial charge in [0.15, 0.2) is 0 Å². The summed E-state index contributed by atoms with van der Waals surface area (Å²) in [6.07, 6.45) is 2.39. The molecule has 1 aromatic heterocycles. The number of aromatic amines is 1. The fraction of sp³-hybridized carbons (Fsp3) is 0.400. The van der Waals surface area contributed by atoms with Crippen molar-refractivity contribution in [2.24, 2.45) is 11.7 Å². The molecular formula is C15H20N2O2. The summed E-state index contributed by atoms with van der Waals surface area (Å²) in [6, 6.07) is 7.36. The summed E-state index contributed by atoms with van der Waals surface area (Å²) < 4.78 is 5.15. The van der Waals surface area contributed by atoms with Gasteiger partial charge in [0, 0.05) is 23.5 Å². The van der Waals surface area contributed by atoms with E-state index in [0.717, 1.165) is 16.5 Å². The number of fused-ring (bicyclic) bond motifs is 1. The minimum absolute atomic E-state index is 0.323. The van der Waals surface area contributed by atoms with E-state index in [0.29, 0.717) is 18.9 Å². The van der Waals surface area contributed by atoms with E-state index in [9.17, 15) is 4.79 Å². The number of nitrogens with two attached hydrogens (primary N) is 1. The molecule has 0 aliphatic heterocycles. The molecule has 0 spiro atoms. The van der Waals surface area contributed by atoms with Crippen LogP contribution in [-0.2, 0) is 16.0 Å². The van der Waals surface area contributed by atoms with Gasteiger partial charge in [0.05, 0.1) is 6.61 Å². The Morgan fingerprint density at radius 3 is 2.84 bits per heavy atom. The van der Waals surface area contributed by atoms with E-state index in [1.54, 1.807) is 0 Å². The minimum atomic E-state index is -0.613. The van der Waals surface area contributed by atoms with Crippen molar-refractivity contribution in [1.29, 1.82) is 0 Å². The summed E-state index contributed by atoms with van der Waals surface area (Å²) in [5.41, 5.74) is 8.00. The molecule has 3 N–H and O–H groups in total. The van der Waals surface area contributed by atoms with E-state index < -0.39 is 6.04 Å². The van der Waals surface area contributed by atoms with E-state index in [2.05, 4.69) is 4.98 Å². The fourth-order valence-electron chi connectivity index (χ4n) is 1.98. The third-order valence-electron chi connectivity index (χ3n) is 2.98. The van der Waals surface area contributed by atoms with Gasteiger partial charge >= 0.3 is 5.97 Å². The number of aromatic nitrogens is 1. The number of esters is 1. The van der Waals surface area contributed by atoms with Crippen LogP contribution in [0.5, 0.6) is 0 Å². The average Bonchev–Trinajstić information content (AvgIpc) is 2.79. The van der Waals surface area contributed by atoms with Crippen LogP contribution in [0.2, 0.25) is 0 Å². The van der Waals surface area contributed by atoms with Crippen molar-refractivity contribution < 1.29 is 9.53 Å². The number of benzene rings is 1. The minimum Gasteiger partial charge on any atom is -0.464 e. The molecule has 0 saturated heterocycles. The van der Waals surface area contributed by atoms with Gasteiger partial charge in [-0.15, -0.1) is 0 Å². The Hall–Kier alpha value is -1.81. The normalized spacial score (nSPS) is 12.8. The van der Waals surface area contributed by atoms with Gasteiger partial charge in [0.1, 0.15) is 6.04 Å². The van der Waals surface area contributed by atoms with E-state index in [1.165, 1.54) is 0 Å². The molecule has 0 amide bonds. The Balaban J connectivity index is 2.02. The van der Waals surface area contributed by atoms with Crippen LogP contribution in [-0.4, -0.2) is 23.6 Å². The van der Waals surface area contributed by atoms with Crippen LogP contribution < -0.4 is 5.73 Å². The maximum atomic E-state index is 11.8. The molecule has 102 valence electrons. The molecule has 2 aromatic rings. The summed E-state index contributed by atoms with van der Waals surface area (Å²) in [5, 5.41) is 1.11. The zero-order chi connectivity index (χ0) is 13.8. The Labute approximate surface area is 112 Å². The highest BCUT2D eigenvalue weighted by Gasteiger charge is 2.17. The van der Waals surface area contributed by atoms with Crippen LogP contribution >= 0.6 is 0 Å². The standard InChI is InChI=1S/C15H20N2O2/c1-10(2)9-19-15(18)13(16)7-11-8-17-14-6-4-3-5-12(11)14/h3-6,8,10,13,17H,7,9,16H2,1-2H3/t13-/m1/s1. The maximum absolute atomic E-state index is 11.8. The van der Waals surface area contributed by atoms with Gasteiger partial charge in [-0.1, -0.05) is 32.0 Å². The lowest BCUT2D eigenvalue weighted by Crippen LogP contribution is -2.35. The quantitative estimate of drug-likeness (QED) is 0.810. The first-order chi connectivity index (χ1) is 9.08. The Morgan fingerprint density at radius 2 is 2.11 bits per heavy atom. The summed E-state index contributed by atoms with van der Waals surface area (Å²) in [4.78, 5) is 14.9. The van der Waals surface area contributed by atoms with Gasteiger partial charge in [0.25, 0.3) is 0 Å². The van der Waals surface area contributed by atoms with E-state index in [4.69, 9.17) is 10.5 Å². The van der Waals surface area contributed by atoms with Gasteiger partial charge < -0.3 is 15.5 Å². The number of hydrogen-bond acceptors (Lipinski definition) is 3. The molecular weight excluding hydrogens is 240 g/mol. The topological polar surface area (TPSA) is 68.1 Å². The summed E-state index contributed by atoms with van der Waals surface area (Å²) in [6.45, 7) is 4.41. The number of H-pyrrole nitrogens is 1. The van der Waals surface area contributed by atoms with Crippen LogP contribution in [0.25, 0.3) is 10.9 Å². The second kappa shape index (κ2) is 5.89. The summed E-state index contributed by atoms with van der Waals surface area (Å²) in [7, 11) is 0. The van der Waals surface area contributed by atoms with Crippen molar-refractivity contribution in [2.45, 2.75) is 26.3 Å². The third kappa shape index (κ3) is 3.35. The molecule has 0 fully saturated rings. The molecule has 0 radical (unpaired) electrons. The van der Waals surface area contributed by atoms with Crippen molar-refractivity contribution in [3.63, 3.8) is 0 Å². The number of rotatable bonds is 5. The molecule has 0 aliphatic rings. The van der Waals surface area contributed by atoms with Crippen molar-refractivity contribution in [1.82, 2.24) is 4.98 Å². The van der Waals surface area contributed by atoms with E-state index in [-0.39, 0.29) is 5.97 Å². The van der Waals surface area contributed by atoms with Gasteiger partial charge in [-0.2, -0.15) is 0 Å². The number of para-hydroxylation sites is 1. The SMILES string of the molecule is CC(C)COC(=O)[C@H](N)Cc1c[nH]c2ccccc12. The zero-order valence-corrected chi connectivity index (χ0v) is 11.3. The maximum Gasteiger partial charge on any atom is 0.323 e. The van der Waals surface area contributed by atoms with Gasteiger partial charge in [-0.25, -0.2) is 0 Å². The van der Waals surface area contributed by atoms with Crippen molar-refractivity contribution in [3.05, 3.63) is 36.0 Å². The lowest BCUT2D eigenvalue weighted by Gasteiger charge is -2.12. The second-order valence-electron chi connectivity index (χ2n) is 5.19. The molecule has 0 unspecified atom stereocenters. The van der Waals surface area contributed by atoms with Crippen LogP contribution in [0.1, 0.15) is 19.4 Å². The molecule has 1 heterocycles. The van der Waals surface area contributed by atoms with Gasteiger partial charge in [-0.05, 0) is 17.5 Å². The first-order valence-corrected chi connectivity index (χ1v) is 6.55. The molecule has 4 heteroatoms. The Bertz CT molecular complexity index is 560. The van der Waals surface area contributed by atoms with Crippen LogP contribution in [0.4, 0.5) is 0 Å². The molecule has 19 heavy (non-hydrogen) atoms. The predicted molar refractivity (Wildman–Crippen MR) is 75.8 cm³/mol. The van der Waals surface area contributed by atoms with Crippen LogP contribution in [0.15, 0.2) is 30.5 Å². The number of ether oxygens (including phenoxy) is 1. The highest BCUT2D eigenvalue weighted by atomic mass is 16.5. The van der Waals surface area contributed by atoms with Crippen LogP contribution in [0, 0.1) is 5.92 Å². The predicted octanol–water partition coefficient (Wildman–Crippen LogP) is 2.24. The molecule has 0 aliphatic carbocycles. The highest BCUT2D eigenvalue weighted by molar-refractivity contribution is 5.84. The van der Waals surface area contributed by atoms with Gasteiger partial charge in [-0.3, -0.25) is 4.79 Å². The highest BCUT2D eigenvalue weighted by Crippen LogP contribution is 2.18. The van der Waals surface area contributed by atoms with Crippen LogP contribution in [0.3, 0.4) is 0 Å². The lowest BCUT2D eigenvalue weighted by molar-refractivity contribution is -0.146. The second-order valence-corrected chi connectivity index (χ2v) is 5.19. The van der Waals surface area contributed by atoms with Crippen molar-refractivity contribution in [2.75, 3.05) is 6.61 Å². The van der Waals surface area contributed by atoms with Gasteiger partial charge in [0.2, 0.25) is 0 Å². The smallest absolute Gasteiger partial charge is 0.323 e. The largest absolute Gasteiger partial charge is 0.464 e. The van der Waals surface area contributed by atoms with E-state index in [1.807, 2.05) is 44.3 Å². The summed E-state index contributed by atoms with van der Waals surface area (Å²) >= 11 is 0. The number of nitrogens with one attached hydrogen (secondary N) is 1. The molecule has 1 atom stereocenters. The Morgan fingerprint density at radius 1 is 1.37 bits per heavy atom. The lowest BCUT2D eigenvalue weighted by atomic mass is 10.1. The van der Waals surface area contributed by atoms with Crippen molar-refractivity contribution in [3.8, 4) is 0 Å². The molecule has 2 rings (SSSR count). The fourth-order valence-corrected chi connectivity index (χ4v) is 1.98. The average molecular weight is 260 g/mol. The van der Waals surface area contributed by atoms with E-state index >= 15 is 0 Å². The third-order valence-corrected chi connectivity index (χ3v) is 2.98. The molecule has 0 saturated carbocycles. The number of carbonyl (C=O) groups is 1. The first-order valence-electron chi connectivity index (χ1n) is 6.55. The monoisotopic (exact) mass is 260 g/mol. The molecule has 4 nitrogen and oxygen atoms in total. The molecule has 1 aromatic carbocycles. The summed E-state index contributed by atoms with van der Waals surface area (Å²) in [5.74, 6) is -0.0109. The zero-order valence-electron chi connectivity index (χ0n) is 11.3. The van der Waals surface area contributed by atoms with Crippen molar-refractivity contribution >= 4 is 16.9 Å². The number of hydrogen-bond donors (Lipinski definition) is 2. The Kier molecular flexibility index (Phi) is 4.22.